The van der Waals surface area contributed by atoms with Crippen LogP contribution in [0.2, 0.25) is 0 Å². The van der Waals surface area contributed by atoms with Gasteiger partial charge in [-0.3, -0.25) is 9.15 Å². The second kappa shape index (κ2) is 10.7. The minimum absolute atomic E-state index is 0.157. The van der Waals surface area contributed by atoms with Gasteiger partial charge in [0.2, 0.25) is 0 Å². The predicted octanol–water partition coefficient (Wildman–Crippen LogP) is 2.48. The molecule has 1 fully saturated rings. The number of hydrogen-bond donors (Lipinski definition) is 1. The van der Waals surface area contributed by atoms with E-state index < -0.39 is 26.8 Å². The summed E-state index contributed by atoms with van der Waals surface area (Å²) >= 11 is 0. The number of aryl methyl sites for hydroxylation is 1. The van der Waals surface area contributed by atoms with E-state index in [-0.39, 0.29) is 11.4 Å². The third kappa shape index (κ3) is 5.86. The van der Waals surface area contributed by atoms with E-state index in [0.29, 0.717) is 50.8 Å². The lowest BCUT2D eigenvalue weighted by atomic mass is 10.1. The fourth-order valence-corrected chi connectivity index (χ4v) is 4.84. The zero-order valence-electron chi connectivity index (χ0n) is 18.8. The highest BCUT2D eigenvalue weighted by molar-refractivity contribution is 7.91. The van der Waals surface area contributed by atoms with Gasteiger partial charge in [0.25, 0.3) is 0 Å². The lowest BCUT2D eigenvalue weighted by Crippen LogP contribution is -2.51. The first-order valence-corrected chi connectivity index (χ1v) is 12.0. The molecular formula is C20H28N5O7S-. The van der Waals surface area contributed by atoms with Crippen LogP contribution >= 0.6 is 0 Å². The number of ether oxygens (including phenoxy) is 3. The van der Waals surface area contributed by atoms with Crippen molar-refractivity contribution in [3.63, 3.8) is 0 Å². The highest BCUT2D eigenvalue weighted by Crippen LogP contribution is 2.29. The van der Waals surface area contributed by atoms with Crippen molar-refractivity contribution in [2.24, 2.45) is 7.05 Å². The fourth-order valence-electron chi connectivity index (χ4n) is 3.47. The maximum Gasteiger partial charge on any atom is 0.326 e. The van der Waals surface area contributed by atoms with Gasteiger partial charge >= 0.3 is 16.2 Å². The van der Waals surface area contributed by atoms with Crippen LogP contribution in [0.1, 0.15) is 26.7 Å². The summed E-state index contributed by atoms with van der Waals surface area (Å²) in [5, 5.41) is 19.1. The second-order valence-electron chi connectivity index (χ2n) is 7.24. The Kier molecular flexibility index (Phi) is 8.00. The zero-order valence-corrected chi connectivity index (χ0v) is 19.6. The number of carbonyl (C=O) groups excluding carboxylic acids is 1. The minimum Gasteiger partial charge on any atom is -0.740 e. The molecule has 1 aliphatic rings. The predicted molar refractivity (Wildman–Crippen MR) is 121 cm³/mol. The molecule has 1 aromatic carbocycles. The van der Waals surface area contributed by atoms with Gasteiger partial charge in [-0.25, -0.2) is 9.10 Å². The number of rotatable bonds is 9. The molecule has 2 heterocycles. The average Bonchev–Trinajstić information content (AvgIpc) is 3.19. The van der Waals surface area contributed by atoms with Crippen LogP contribution in [-0.2, 0) is 22.0 Å². The van der Waals surface area contributed by atoms with Gasteiger partial charge in [-0.2, -0.15) is 13.5 Å². The van der Waals surface area contributed by atoms with Crippen LogP contribution in [0.25, 0.3) is 0 Å². The summed E-state index contributed by atoms with van der Waals surface area (Å²) in [7, 11) is -3.15. The molecule has 2 amide bonds. The summed E-state index contributed by atoms with van der Waals surface area (Å²) in [6.45, 7) is 5.01. The number of amides is 2. The van der Waals surface area contributed by atoms with E-state index in [1.54, 1.807) is 27.0 Å². The third-order valence-electron chi connectivity index (χ3n) is 4.85. The van der Waals surface area contributed by atoms with E-state index in [4.69, 9.17) is 14.2 Å². The highest BCUT2D eigenvalue weighted by atomic mass is 32.2. The summed E-state index contributed by atoms with van der Waals surface area (Å²) in [6.07, 6.45) is 3.55. The Morgan fingerprint density at radius 2 is 1.82 bits per heavy atom. The molecule has 2 aromatic rings. The van der Waals surface area contributed by atoms with Crippen molar-refractivity contribution in [3.8, 4) is 11.5 Å². The molecule has 3 rings (SSSR count). The first-order chi connectivity index (χ1) is 15.8. The van der Waals surface area contributed by atoms with E-state index in [0.717, 1.165) is 4.31 Å². The van der Waals surface area contributed by atoms with Crippen molar-refractivity contribution in [3.05, 3.63) is 35.8 Å². The number of urea groups is 1. The summed E-state index contributed by atoms with van der Waals surface area (Å²) in [4.78, 5) is 12.7. The van der Waals surface area contributed by atoms with Crippen molar-refractivity contribution >= 4 is 27.6 Å². The third-order valence-corrected chi connectivity index (χ3v) is 6.44. The van der Waals surface area contributed by atoms with E-state index >= 15 is 0 Å². The first kappa shape index (κ1) is 24.6. The van der Waals surface area contributed by atoms with Gasteiger partial charge in [0.05, 0.1) is 31.1 Å². The Hall–Kier alpha value is -3.03. The maximum absolute atomic E-state index is 13.3. The number of anilines is 2. The van der Waals surface area contributed by atoms with Crippen molar-refractivity contribution in [1.29, 1.82) is 0 Å². The molecule has 0 unspecified atom stereocenters. The van der Waals surface area contributed by atoms with Crippen LogP contribution in [0.15, 0.2) is 30.6 Å². The lowest BCUT2D eigenvalue weighted by molar-refractivity contribution is 0.0874. The van der Waals surface area contributed by atoms with E-state index in [2.05, 4.69) is 10.4 Å². The second-order valence-corrected chi connectivity index (χ2v) is 8.86. The molecule has 0 saturated carbocycles. The molecule has 1 N–H and O–H groups in total. The molecule has 182 valence electrons. The number of carbonyl (C=O) groups is 1. The van der Waals surface area contributed by atoms with Crippen LogP contribution in [0, 0.1) is 5.21 Å². The fraction of sp³-hybridized carbons (Fsp3) is 0.500. The summed E-state index contributed by atoms with van der Waals surface area (Å²) in [5.74, 6) is 0.802. The number of nitrogens with zero attached hydrogens (tertiary/aromatic N) is 4. The van der Waals surface area contributed by atoms with Crippen LogP contribution in [0.3, 0.4) is 0 Å². The molecule has 13 heteroatoms. The molecule has 1 aliphatic heterocycles. The average molecular weight is 483 g/mol. The van der Waals surface area contributed by atoms with Crippen LogP contribution in [0.5, 0.6) is 11.5 Å². The van der Waals surface area contributed by atoms with Gasteiger partial charge in [0, 0.05) is 50.3 Å². The molecule has 1 aromatic heterocycles. The molecule has 0 atom stereocenters. The Labute approximate surface area is 192 Å². The number of aromatic nitrogens is 2. The largest absolute Gasteiger partial charge is 0.740 e. The van der Waals surface area contributed by atoms with Crippen LogP contribution < -0.4 is 19.1 Å². The Morgan fingerprint density at radius 1 is 1.21 bits per heavy atom. The monoisotopic (exact) mass is 482 g/mol. The van der Waals surface area contributed by atoms with E-state index in [9.17, 15) is 18.4 Å². The van der Waals surface area contributed by atoms with Crippen LogP contribution in [0.4, 0.5) is 16.2 Å². The van der Waals surface area contributed by atoms with Gasteiger partial charge in [0.1, 0.15) is 11.5 Å². The number of hydrogen-bond acceptors (Lipinski definition) is 8. The standard InChI is InChI=1S/C20H28N5O7S/c1-4-31-18-10-15(11-19(12-18)32-5-2)22-20(26)25(27)33(28,29)24(16-6-8-30-9-7-16)17-13-21-23(3)14-17/h10-14,16H,4-9H2,1-3H3,(H,22,26)/q-1. The molecule has 0 spiro atoms. The van der Waals surface area contributed by atoms with Gasteiger partial charge in [-0.15, -0.1) is 0 Å². The highest BCUT2D eigenvalue weighted by Gasteiger charge is 2.35. The van der Waals surface area contributed by atoms with Gasteiger partial charge < -0.3 is 24.7 Å². The van der Waals surface area contributed by atoms with Crippen LogP contribution in [-0.4, -0.2) is 61.2 Å². The van der Waals surface area contributed by atoms with Gasteiger partial charge in [-0.05, 0) is 26.7 Å². The Bertz CT molecular complexity index is 1030. The number of hydroxylamine groups is 1. The maximum atomic E-state index is 13.3. The number of nitrogens with one attached hydrogen (secondary N) is 1. The normalized spacial score (nSPS) is 14.5. The lowest BCUT2D eigenvalue weighted by Gasteiger charge is -2.39. The molecular weight excluding hydrogens is 454 g/mol. The minimum atomic E-state index is -4.77. The quantitative estimate of drug-likeness (QED) is 0.538. The molecule has 12 nitrogen and oxygen atoms in total. The summed E-state index contributed by atoms with van der Waals surface area (Å²) in [5.41, 5.74) is 0.347. The molecule has 0 bridgehead atoms. The molecule has 0 aliphatic carbocycles. The van der Waals surface area contributed by atoms with Gasteiger partial charge in [0.15, 0.2) is 0 Å². The smallest absolute Gasteiger partial charge is 0.326 e. The number of benzene rings is 1. The van der Waals surface area contributed by atoms with Crippen molar-refractivity contribution < 1.29 is 27.4 Å². The van der Waals surface area contributed by atoms with E-state index in [1.807, 2.05) is 0 Å². The molecule has 33 heavy (non-hydrogen) atoms. The SMILES string of the molecule is CCOc1cc(NC(=O)N([O-])S(=O)(=O)N(c2cnn(C)c2)C2CCOCC2)cc(OCC)c1. The summed E-state index contributed by atoms with van der Waals surface area (Å²) < 4.78 is 44.5. The Balaban J connectivity index is 1.86. The molecule has 0 radical (unpaired) electrons. The van der Waals surface area contributed by atoms with Crippen molar-refractivity contribution in [2.45, 2.75) is 32.7 Å². The van der Waals surface area contributed by atoms with Crippen molar-refractivity contribution in [2.75, 3.05) is 36.0 Å². The zero-order chi connectivity index (χ0) is 24.0. The Morgan fingerprint density at radius 3 is 2.33 bits per heavy atom. The van der Waals surface area contributed by atoms with E-state index in [1.165, 1.54) is 29.2 Å². The summed E-state index contributed by atoms with van der Waals surface area (Å²) in [6, 6.07) is 2.66. The topological polar surface area (TPSA) is 138 Å². The first-order valence-electron chi connectivity index (χ1n) is 10.6. The molecule has 1 saturated heterocycles. The van der Waals surface area contributed by atoms with Crippen molar-refractivity contribution in [1.82, 2.24) is 14.2 Å². The van der Waals surface area contributed by atoms with Gasteiger partial charge in [-0.1, -0.05) is 0 Å².